The van der Waals surface area contributed by atoms with Crippen molar-refractivity contribution < 1.29 is 54.0 Å². The lowest BCUT2D eigenvalue weighted by molar-refractivity contribution is -0.277. The third-order valence-electron chi connectivity index (χ3n) is 7.39. The lowest BCUT2D eigenvalue weighted by atomic mass is 9.85. The molecular weight excluding hydrogens is 476 g/mol. The molecular formula is C25H28O11. The average molecular weight is 504 g/mol. The summed E-state index contributed by atoms with van der Waals surface area (Å²) < 4.78 is 34.1. The van der Waals surface area contributed by atoms with Crippen LogP contribution in [0.2, 0.25) is 0 Å². The van der Waals surface area contributed by atoms with Gasteiger partial charge in [-0.25, -0.2) is 0 Å². The molecule has 11 heteroatoms. The normalized spacial score (nSPS) is 37.2. The molecule has 0 saturated carbocycles. The SMILES string of the molecule is OCC1OC(Oc2ccc(C3OCC4C(c5ccc6c(c5)OCO6)OCC34)cc2O)C(O)C(O)C1O. The highest BCUT2D eigenvalue weighted by atomic mass is 16.7. The van der Waals surface area contributed by atoms with Crippen molar-refractivity contribution >= 4 is 0 Å². The second-order valence-corrected chi connectivity index (χ2v) is 9.49. The number of fused-ring (bicyclic) bond motifs is 2. The molecule has 4 heterocycles. The Morgan fingerprint density at radius 2 is 1.47 bits per heavy atom. The van der Waals surface area contributed by atoms with E-state index in [9.17, 15) is 25.5 Å². The van der Waals surface area contributed by atoms with Crippen molar-refractivity contribution in [1.29, 1.82) is 0 Å². The Morgan fingerprint density at radius 3 is 2.17 bits per heavy atom. The molecule has 0 bridgehead atoms. The van der Waals surface area contributed by atoms with E-state index in [1.54, 1.807) is 6.07 Å². The Hall–Kier alpha value is -2.64. The van der Waals surface area contributed by atoms with Crippen LogP contribution in [0.1, 0.15) is 23.3 Å². The summed E-state index contributed by atoms with van der Waals surface area (Å²) in [5.41, 5.74) is 1.75. The third kappa shape index (κ3) is 3.97. The molecule has 0 aliphatic carbocycles. The topological polar surface area (TPSA) is 157 Å². The van der Waals surface area contributed by atoms with Crippen LogP contribution in [0.25, 0.3) is 0 Å². The van der Waals surface area contributed by atoms with E-state index in [0.29, 0.717) is 19.0 Å². The number of aliphatic hydroxyl groups is 4. The first-order valence-corrected chi connectivity index (χ1v) is 11.9. The number of hydrogen-bond donors (Lipinski definition) is 5. The molecule has 2 aromatic rings. The van der Waals surface area contributed by atoms with Crippen LogP contribution >= 0.6 is 0 Å². The number of phenolic OH excluding ortho intramolecular Hbond substituents is 1. The van der Waals surface area contributed by atoms with Gasteiger partial charge in [0.2, 0.25) is 13.1 Å². The lowest BCUT2D eigenvalue weighted by Crippen LogP contribution is -2.60. The zero-order valence-corrected chi connectivity index (χ0v) is 19.2. The van der Waals surface area contributed by atoms with Crippen molar-refractivity contribution in [2.45, 2.75) is 42.9 Å². The Balaban J connectivity index is 1.15. The van der Waals surface area contributed by atoms with Crippen LogP contribution in [0.4, 0.5) is 0 Å². The highest BCUT2D eigenvalue weighted by Gasteiger charge is 2.49. The number of rotatable bonds is 5. The fourth-order valence-corrected chi connectivity index (χ4v) is 5.43. The van der Waals surface area contributed by atoms with Crippen LogP contribution in [-0.2, 0) is 14.2 Å². The van der Waals surface area contributed by atoms with Crippen molar-refractivity contribution in [1.82, 2.24) is 0 Å². The van der Waals surface area contributed by atoms with Gasteiger partial charge in [0, 0.05) is 11.8 Å². The highest BCUT2D eigenvalue weighted by Crippen LogP contribution is 2.51. The third-order valence-corrected chi connectivity index (χ3v) is 7.39. The predicted octanol–water partition coefficient (Wildman–Crippen LogP) is 0.375. The van der Waals surface area contributed by atoms with Crippen molar-refractivity contribution in [3.63, 3.8) is 0 Å². The molecule has 4 aliphatic heterocycles. The molecule has 0 radical (unpaired) electrons. The zero-order chi connectivity index (χ0) is 25.0. The van der Waals surface area contributed by atoms with Crippen molar-refractivity contribution in [3.8, 4) is 23.0 Å². The zero-order valence-electron chi connectivity index (χ0n) is 19.2. The number of phenols is 1. The molecule has 5 N–H and O–H groups in total. The van der Waals surface area contributed by atoms with Gasteiger partial charge in [0.25, 0.3) is 0 Å². The molecule has 3 saturated heterocycles. The number of aliphatic hydroxyl groups excluding tert-OH is 4. The maximum absolute atomic E-state index is 10.6. The van der Waals surface area contributed by atoms with Crippen LogP contribution in [0.15, 0.2) is 36.4 Å². The minimum absolute atomic E-state index is 0.0125. The summed E-state index contributed by atoms with van der Waals surface area (Å²) in [5, 5.41) is 50.1. The molecule has 194 valence electrons. The fraction of sp³-hybridized carbons (Fsp3) is 0.520. The standard InChI is InChI=1S/C25H28O11/c26-7-19-20(28)21(29)22(30)25(36-19)35-16-3-1-11(5-15(16)27)23-13-8-32-24(14(13)9-31-23)12-2-4-17-18(6-12)34-10-33-17/h1-6,13-14,19-30H,7-10H2. The van der Waals surface area contributed by atoms with Crippen molar-refractivity contribution in [2.24, 2.45) is 11.8 Å². The first kappa shape index (κ1) is 23.7. The summed E-state index contributed by atoms with van der Waals surface area (Å²) in [5.74, 6) is 1.44. The van der Waals surface area contributed by atoms with E-state index in [4.69, 9.17) is 28.4 Å². The van der Waals surface area contributed by atoms with Gasteiger partial charge in [-0.2, -0.15) is 0 Å². The van der Waals surface area contributed by atoms with E-state index in [1.165, 1.54) is 12.1 Å². The van der Waals surface area contributed by atoms with Gasteiger partial charge in [0.15, 0.2) is 23.0 Å². The maximum Gasteiger partial charge on any atom is 0.231 e. The lowest BCUT2D eigenvalue weighted by Gasteiger charge is -2.39. The van der Waals surface area contributed by atoms with Gasteiger partial charge in [0.05, 0.1) is 32.0 Å². The first-order valence-electron chi connectivity index (χ1n) is 11.9. The number of aromatic hydroxyl groups is 1. The molecule has 11 nitrogen and oxygen atoms in total. The van der Waals surface area contributed by atoms with Gasteiger partial charge in [-0.3, -0.25) is 0 Å². The highest BCUT2D eigenvalue weighted by molar-refractivity contribution is 5.46. The fourth-order valence-electron chi connectivity index (χ4n) is 5.43. The van der Waals surface area contributed by atoms with Crippen molar-refractivity contribution in [2.75, 3.05) is 26.6 Å². The second-order valence-electron chi connectivity index (χ2n) is 9.49. The number of hydrogen-bond acceptors (Lipinski definition) is 11. The molecule has 4 aliphatic rings. The molecule has 3 fully saturated rings. The van der Waals surface area contributed by atoms with E-state index in [1.807, 2.05) is 18.2 Å². The Kier molecular flexibility index (Phi) is 6.16. The smallest absolute Gasteiger partial charge is 0.231 e. The largest absolute Gasteiger partial charge is 0.504 e. The number of ether oxygens (including phenoxy) is 6. The van der Waals surface area contributed by atoms with Gasteiger partial charge in [0.1, 0.15) is 24.4 Å². The Morgan fingerprint density at radius 1 is 0.806 bits per heavy atom. The Labute approximate surface area is 206 Å². The summed E-state index contributed by atoms with van der Waals surface area (Å²) in [6.07, 6.45) is -7.59. The van der Waals surface area contributed by atoms with Crippen molar-refractivity contribution in [3.05, 3.63) is 47.5 Å². The number of benzene rings is 2. The van der Waals surface area contributed by atoms with Crippen LogP contribution in [-0.4, -0.2) is 82.9 Å². The van der Waals surface area contributed by atoms with Gasteiger partial charge >= 0.3 is 0 Å². The van der Waals surface area contributed by atoms with Gasteiger partial charge < -0.3 is 54.0 Å². The van der Waals surface area contributed by atoms with Gasteiger partial charge in [-0.05, 0) is 35.4 Å². The monoisotopic (exact) mass is 504 g/mol. The summed E-state index contributed by atoms with van der Waals surface area (Å²) in [6.45, 7) is 0.629. The summed E-state index contributed by atoms with van der Waals surface area (Å²) in [4.78, 5) is 0. The van der Waals surface area contributed by atoms with E-state index in [0.717, 1.165) is 16.9 Å². The first-order chi connectivity index (χ1) is 17.4. The molecule has 0 amide bonds. The summed E-state index contributed by atoms with van der Waals surface area (Å²) >= 11 is 0. The molecule has 6 rings (SSSR count). The van der Waals surface area contributed by atoms with E-state index in [-0.39, 0.29) is 42.3 Å². The predicted molar refractivity (Wildman–Crippen MR) is 119 cm³/mol. The molecule has 9 atom stereocenters. The van der Waals surface area contributed by atoms with Crippen LogP contribution < -0.4 is 14.2 Å². The minimum Gasteiger partial charge on any atom is -0.504 e. The summed E-state index contributed by atoms with van der Waals surface area (Å²) in [6, 6.07) is 10.6. The van der Waals surface area contributed by atoms with E-state index >= 15 is 0 Å². The minimum atomic E-state index is -1.58. The molecule has 36 heavy (non-hydrogen) atoms. The molecule has 2 aromatic carbocycles. The van der Waals surface area contributed by atoms with Crippen LogP contribution in [0.3, 0.4) is 0 Å². The van der Waals surface area contributed by atoms with E-state index < -0.39 is 37.3 Å². The quantitative estimate of drug-likeness (QED) is 0.383. The Bertz CT molecular complexity index is 1110. The van der Waals surface area contributed by atoms with Gasteiger partial charge in [-0.1, -0.05) is 12.1 Å². The van der Waals surface area contributed by atoms with Crippen LogP contribution in [0, 0.1) is 11.8 Å². The van der Waals surface area contributed by atoms with Crippen LogP contribution in [0.5, 0.6) is 23.0 Å². The van der Waals surface area contributed by atoms with E-state index in [2.05, 4.69) is 0 Å². The summed E-state index contributed by atoms with van der Waals surface area (Å²) in [7, 11) is 0. The molecule has 0 spiro atoms. The maximum atomic E-state index is 10.6. The molecule has 0 aromatic heterocycles. The molecule has 9 unspecified atom stereocenters. The second kappa shape index (κ2) is 9.34. The average Bonchev–Trinajstić information content (AvgIpc) is 3.61. The van der Waals surface area contributed by atoms with Gasteiger partial charge in [-0.15, -0.1) is 0 Å².